The summed E-state index contributed by atoms with van der Waals surface area (Å²) in [5.74, 6) is 1.60. The van der Waals surface area contributed by atoms with Crippen LogP contribution in [0.3, 0.4) is 0 Å². The lowest BCUT2D eigenvalue weighted by Crippen LogP contribution is -2.49. The first-order chi connectivity index (χ1) is 9.57. The van der Waals surface area contributed by atoms with E-state index in [1.165, 1.54) is 38.5 Å². The van der Waals surface area contributed by atoms with Crippen LogP contribution in [0.2, 0.25) is 0 Å². The van der Waals surface area contributed by atoms with E-state index in [0.29, 0.717) is 5.69 Å². The molecule has 4 saturated carbocycles. The van der Waals surface area contributed by atoms with Crippen LogP contribution in [-0.2, 0) is 5.41 Å². The molecule has 3 nitrogen and oxygen atoms in total. The molecule has 0 radical (unpaired) electrons. The molecule has 0 aromatic carbocycles. The van der Waals surface area contributed by atoms with Gasteiger partial charge < -0.3 is 5.11 Å². The van der Waals surface area contributed by atoms with Gasteiger partial charge in [-0.25, -0.2) is 9.78 Å². The van der Waals surface area contributed by atoms with E-state index in [-0.39, 0.29) is 5.41 Å². The van der Waals surface area contributed by atoms with Crippen LogP contribution in [0.15, 0.2) is 12.3 Å². The highest BCUT2D eigenvalue weighted by Crippen LogP contribution is 2.61. The van der Waals surface area contributed by atoms with Crippen molar-refractivity contribution in [3.63, 3.8) is 0 Å². The molecule has 3 heteroatoms. The van der Waals surface area contributed by atoms with Gasteiger partial charge in [0.25, 0.3) is 0 Å². The van der Waals surface area contributed by atoms with Crippen LogP contribution >= 0.6 is 0 Å². The number of carboxylic acids is 1. The van der Waals surface area contributed by atoms with E-state index in [9.17, 15) is 9.90 Å². The van der Waals surface area contributed by atoms with Gasteiger partial charge in [0.15, 0.2) is 5.69 Å². The van der Waals surface area contributed by atoms with Crippen molar-refractivity contribution in [1.82, 2.24) is 4.98 Å². The first kappa shape index (κ1) is 12.4. The molecule has 0 unspecified atom stereocenters. The molecule has 1 N–H and O–H groups in total. The van der Waals surface area contributed by atoms with E-state index in [4.69, 9.17) is 0 Å². The first-order valence-corrected chi connectivity index (χ1v) is 7.77. The monoisotopic (exact) mass is 271 g/mol. The van der Waals surface area contributed by atoms with Crippen LogP contribution in [0.5, 0.6) is 0 Å². The van der Waals surface area contributed by atoms with Crippen LogP contribution in [0.4, 0.5) is 0 Å². The summed E-state index contributed by atoms with van der Waals surface area (Å²) in [5, 5.41) is 9.53. The van der Waals surface area contributed by atoms with Crippen molar-refractivity contribution >= 4 is 5.97 Å². The van der Waals surface area contributed by atoms with E-state index in [0.717, 1.165) is 28.9 Å². The second-order valence-corrected chi connectivity index (χ2v) is 7.35. The SMILES string of the molecule is Cc1ccnc(C(=O)O)c1C12CC3CC(CC(C3)C1)C2. The zero-order chi connectivity index (χ0) is 13.9. The number of nitrogens with zero attached hydrogens (tertiary/aromatic N) is 1. The summed E-state index contributed by atoms with van der Waals surface area (Å²) in [6.45, 7) is 2.06. The van der Waals surface area contributed by atoms with Crippen LogP contribution < -0.4 is 0 Å². The van der Waals surface area contributed by atoms with Gasteiger partial charge >= 0.3 is 5.97 Å². The molecule has 0 aliphatic heterocycles. The van der Waals surface area contributed by atoms with Gasteiger partial charge in [-0.15, -0.1) is 0 Å². The van der Waals surface area contributed by atoms with Gasteiger partial charge in [0, 0.05) is 6.20 Å². The second kappa shape index (κ2) is 4.06. The Kier molecular flexibility index (Phi) is 2.51. The van der Waals surface area contributed by atoms with Crippen molar-refractivity contribution in [2.75, 3.05) is 0 Å². The Balaban J connectivity index is 1.87. The van der Waals surface area contributed by atoms with Gasteiger partial charge in [0.2, 0.25) is 0 Å². The maximum Gasteiger partial charge on any atom is 0.354 e. The standard InChI is InChI=1S/C17H21NO2/c1-10-2-3-18-15(16(19)20)14(10)17-7-11-4-12(8-17)6-13(5-11)9-17/h2-3,11-13H,4-9H2,1H3,(H,19,20). The van der Waals surface area contributed by atoms with Crippen molar-refractivity contribution in [2.45, 2.75) is 50.9 Å². The lowest BCUT2D eigenvalue weighted by Gasteiger charge is -2.57. The minimum Gasteiger partial charge on any atom is -0.477 e. The zero-order valence-corrected chi connectivity index (χ0v) is 11.9. The quantitative estimate of drug-likeness (QED) is 0.894. The molecule has 0 spiro atoms. The Morgan fingerprint density at radius 3 is 2.25 bits per heavy atom. The van der Waals surface area contributed by atoms with E-state index in [2.05, 4.69) is 11.9 Å². The summed E-state index contributed by atoms with van der Waals surface area (Å²) in [6, 6.07) is 1.99. The van der Waals surface area contributed by atoms with E-state index in [1.54, 1.807) is 6.20 Å². The van der Waals surface area contributed by atoms with Crippen molar-refractivity contribution in [1.29, 1.82) is 0 Å². The summed E-state index contributed by atoms with van der Waals surface area (Å²) in [5.41, 5.74) is 2.61. The highest BCUT2D eigenvalue weighted by Gasteiger charge is 2.53. The molecule has 0 saturated heterocycles. The van der Waals surface area contributed by atoms with Crippen molar-refractivity contribution in [2.24, 2.45) is 17.8 Å². The number of aromatic carboxylic acids is 1. The average Bonchev–Trinajstić information content (AvgIpc) is 2.36. The molecule has 0 amide bonds. The predicted octanol–water partition coefficient (Wildman–Crippen LogP) is 3.56. The van der Waals surface area contributed by atoms with Gasteiger partial charge in [0.05, 0.1) is 0 Å². The minimum atomic E-state index is -0.862. The lowest BCUT2D eigenvalue weighted by atomic mass is 9.47. The Bertz CT molecular complexity index is 543. The molecule has 1 aromatic rings. The van der Waals surface area contributed by atoms with Gasteiger partial charge in [-0.05, 0) is 85.8 Å². The Labute approximate surface area is 119 Å². The number of hydrogen-bond acceptors (Lipinski definition) is 2. The number of pyridine rings is 1. The van der Waals surface area contributed by atoms with Crippen LogP contribution in [0, 0.1) is 24.7 Å². The topological polar surface area (TPSA) is 50.2 Å². The highest BCUT2D eigenvalue weighted by molar-refractivity contribution is 5.88. The van der Waals surface area contributed by atoms with Gasteiger partial charge in [-0.1, -0.05) is 0 Å². The molecule has 0 atom stereocenters. The van der Waals surface area contributed by atoms with Crippen LogP contribution in [0.25, 0.3) is 0 Å². The third kappa shape index (κ3) is 1.65. The van der Waals surface area contributed by atoms with Crippen molar-refractivity contribution in [3.8, 4) is 0 Å². The summed E-state index contributed by atoms with van der Waals surface area (Å²) in [7, 11) is 0. The summed E-state index contributed by atoms with van der Waals surface area (Å²) in [6.07, 6.45) is 9.33. The number of hydrogen-bond donors (Lipinski definition) is 1. The number of carbonyl (C=O) groups is 1. The van der Waals surface area contributed by atoms with E-state index >= 15 is 0 Å². The Morgan fingerprint density at radius 1 is 1.20 bits per heavy atom. The first-order valence-electron chi connectivity index (χ1n) is 7.77. The molecule has 4 aliphatic carbocycles. The van der Waals surface area contributed by atoms with Gasteiger partial charge in [-0.2, -0.15) is 0 Å². The average molecular weight is 271 g/mol. The molecular weight excluding hydrogens is 250 g/mol. The summed E-state index contributed by atoms with van der Waals surface area (Å²) < 4.78 is 0. The summed E-state index contributed by atoms with van der Waals surface area (Å²) >= 11 is 0. The zero-order valence-electron chi connectivity index (χ0n) is 11.9. The van der Waals surface area contributed by atoms with Gasteiger partial charge in [-0.3, -0.25) is 0 Å². The Morgan fingerprint density at radius 2 is 1.75 bits per heavy atom. The Hall–Kier alpha value is -1.38. The molecular formula is C17H21NO2. The molecule has 1 aromatic heterocycles. The molecule has 1 heterocycles. The minimum absolute atomic E-state index is 0.112. The molecule has 4 aliphatic rings. The third-order valence-electron chi connectivity index (χ3n) is 5.93. The molecule has 20 heavy (non-hydrogen) atoms. The molecule has 4 bridgehead atoms. The predicted molar refractivity (Wildman–Crippen MR) is 75.8 cm³/mol. The van der Waals surface area contributed by atoms with Crippen molar-refractivity contribution < 1.29 is 9.90 Å². The highest BCUT2D eigenvalue weighted by atomic mass is 16.4. The maximum atomic E-state index is 11.6. The fourth-order valence-corrected chi connectivity index (χ4v) is 5.81. The molecule has 4 fully saturated rings. The van der Waals surface area contributed by atoms with Gasteiger partial charge in [0.1, 0.15) is 0 Å². The fraction of sp³-hybridized carbons (Fsp3) is 0.647. The van der Waals surface area contributed by atoms with Crippen LogP contribution in [-0.4, -0.2) is 16.1 Å². The fourth-order valence-electron chi connectivity index (χ4n) is 5.81. The van der Waals surface area contributed by atoms with Crippen molar-refractivity contribution in [3.05, 3.63) is 29.1 Å². The number of aromatic nitrogens is 1. The number of carboxylic acid groups (broad SMARTS) is 1. The third-order valence-corrected chi connectivity index (χ3v) is 5.93. The molecule has 106 valence electrons. The number of aryl methyl sites for hydroxylation is 1. The maximum absolute atomic E-state index is 11.6. The normalized spacial score (nSPS) is 38.1. The largest absolute Gasteiger partial charge is 0.477 e. The lowest BCUT2D eigenvalue weighted by molar-refractivity contribution is -0.00632. The second-order valence-electron chi connectivity index (χ2n) is 7.35. The smallest absolute Gasteiger partial charge is 0.354 e. The summed E-state index contributed by atoms with van der Waals surface area (Å²) in [4.78, 5) is 15.8. The van der Waals surface area contributed by atoms with E-state index < -0.39 is 5.97 Å². The van der Waals surface area contributed by atoms with E-state index in [1.807, 2.05) is 6.07 Å². The number of rotatable bonds is 2. The van der Waals surface area contributed by atoms with Crippen LogP contribution in [0.1, 0.15) is 60.1 Å². The molecule has 5 rings (SSSR count).